The van der Waals surface area contributed by atoms with Crippen molar-refractivity contribution in [2.45, 2.75) is 110 Å². The molecule has 0 amide bonds. The molecule has 1 saturated carbocycles. The van der Waals surface area contributed by atoms with Crippen LogP contribution in [-0.4, -0.2) is 17.5 Å². The van der Waals surface area contributed by atoms with Crippen molar-refractivity contribution in [3.05, 3.63) is 35.1 Å². The summed E-state index contributed by atoms with van der Waals surface area (Å²) in [6.45, 7) is 8.35. The summed E-state index contributed by atoms with van der Waals surface area (Å²) in [7, 11) is 0. The quantitative estimate of drug-likeness (QED) is 0.363. The number of piperidine rings is 1. The van der Waals surface area contributed by atoms with Crippen LogP contribution in [0, 0.1) is 5.41 Å². The number of unbranched alkanes of at least 4 members (excludes halogenated alkanes) is 1. The van der Waals surface area contributed by atoms with Gasteiger partial charge in [-0.25, -0.2) is 0 Å². The zero-order valence-electron chi connectivity index (χ0n) is 17.7. The van der Waals surface area contributed by atoms with E-state index in [1.165, 1.54) is 90.0 Å². The first-order valence-electron chi connectivity index (χ1n) is 11.4. The van der Waals surface area contributed by atoms with Gasteiger partial charge in [0.25, 0.3) is 0 Å². The first-order chi connectivity index (χ1) is 12.5. The zero-order chi connectivity index (χ0) is 18.4. The van der Waals surface area contributed by atoms with E-state index in [4.69, 9.17) is 0 Å². The Bertz CT molecular complexity index is 535. The molecule has 26 heavy (non-hydrogen) atoms. The van der Waals surface area contributed by atoms with Crippen molar-refractivity contribution in [3.8, 4) is 0 Å². The Morgan fingerprint density at radius 2 is 1.81 bits per heavy atom. The maximum absolute atomic E-state index is 2.77. The van der Waals surface area contributed by atoms with E-state index in [9.17, 15) is 0 Å². The van der Waals surface area contributed by atoms with Gasteiger partial charge in [0.2, 0.25) is 0 Å². The number of hydrogen-bond donors (Lipinski definition) is 0. The van der Waals surface area contributed by atoms with Crippen LogP contribution in [-0.2, 0) is 0 Å². The maximum Gasteiger partial charge on any atom is 0.0499 e. The Morgan fingerprint density at radius 3 is 2.58 bits per heavy atom. The van der Waals surface area contributed by atoms with Crippen molar-refractivity contribution in [2.75, 3.05) is 6.54 Å². The van der Waals surface area contributed by atoms with Crippen LogP contribution in [0.4, 0.5) is 0 Å². The molecular formula is C25H41N. The highest BCUT2D eigenvalue weighted by Crippen LogP contribution is 2.36. The molecule has 0 aromatic carbocycles. The van der Waals surface area contributed by atoms with Crippen molar-refractivity contribution in [1.29, 1.82) is 0 Å². The second-order valence-corrected chi connectivity index (χ2v) is 9.98. The van der Waals surface area contributed by atoms with Crippen LogP contribution in [0.3, 0.4) is 0 Å². The molecular weight excluding hydrogens is 314 g/mol. The molecule has 1 heteroatoms. The minimum atomic E-state index is 0.486. The molecule has 2 aliphatic heterocycles. The highest BCUT2D eigenvalue weighted by atomic mass is 15.2. The van der Waals surface area contributed by atoms with Crippen LogP contribution in [0.2, 0.25) is 0 Å². The third-order valence-corrected chi connectivity index (χ3v) is 6.51. The Morgan fingerprint density at radius 1 is 1.00 bits per heavy atom. The fourth-order valence-electron chi connectivity index (χ4n) is 5.01. The predicted octanol–water partition coefficient (Wildman–Crippen LogP) is 7.55. The van der Waals surface area contributed by atoms with Crippen LogP contribution in [0.1, 0.15) is 104 Å². The largest absolute Gasteiger partial charge is 0.368 e. The van der Waals surface area contributed by atoms with E-state index < -0.39 is 0 Å². The van der Waals surface area contributed by atoms with E-state index in [0.717, 1.165) is 0 Å². The van der Waals surface area contributed by atoms with Crippen molar-refractivity contribution in [3.63, 3.8) is 0 Å². The SMILES string of the molecule is CC(C)(C)CCCCC1=CCCN2/C(=C/C=C3CCCCC3)CCCC12. The lowest BCUT2D eigenvalue weighted by molar-refractivity contribution is 0.213. The Balaban J connectivity index is 1.58. The van der Waals surface area contributed by atoms with Gasteiger partial charge in [0.15, 0.2) is 0 Å². The van der Waals surface area contributed by atoms with Crippen molar-refractivity contribution in [2.24, 2.45) is 5.41 Å². The van der Waals surface area contributed by atoms with Gasteiger partial charge in [-0.3, -0.25) is 0 Å². The molecule has 2 fully saturated rings. The number of hydrogen-bond acceptors (Lipinski definition) is 1. The summed E-state index contributed by atoms with van der Waals surface area (Å²) in [6.07, 6.45) is 25.2. The minimum Gasteiger partial charge on any atom is -0.368 e. The second kappa shape index (κ2) is 9.29. The summed E-state index contributed by atoms with van der Waals surface area (Å²) < 4.78 is 0. The lowest BCUT2D eigenvalue weighted by Gasteiger charge is -2.43. The molecule has 0 spiro atoms. The summed E-state index contributed by atoms with van der Waals surface area (Å²) in [4.78, 5) is 2.77. The van der Waals surface area contributed by atoms with Crippen LogP contribution < -0.4 is 0 Å². The summed E-state index contributed by atoms with van der Waals surface area (Å²) in [6, 6.07) is 0.711. The number of rotatable bonds is 5. The standard InChI is InChI=1S/C25H41N/c1-25(2,3)19-8-7-13-22-14-10-20-26-23(15-9-16-24(22)26)18-17-21-11-5-4-6-12-21/h14,17-18,24H,4-13,15-16,19-20H2,1-3H3/b23-18+. The molecule has 0 N–H and O–H groups in total. The summed E-state index contributed by atoms with van der Waals surface area (Å²) in [5.41, 5.74) is 5.56. The highest BCUT2D eigenvalue weighted by molar-refractivity contribution is 5.25. The molecule has 3 aliphatic rings. The maximum atomic E-state index is 2.77. The molecule has 1 atom stereocenters. The molecule has 1 unspecified atom stereocenters. The molecule has 1 saturated heterocycles. The molecule has 0 bridgehead atoms. The first-order valence-corrected chi connectivity index (χ1v) is 11.4. The molecule has 0 radical (unpaired) electrons. The predicted molar refractivity (Wildman–Crippen MR) is 114 cm³/mol. The average Bonchev–Trinajstić information content (AvgIpc) is 2.63. The van der Waals surface area contributed by atoms with E-state index in [2.05, 4.69) is 43.9 Å². The van der Waals surface area contributed by atoms with Gasteiger partial charge >= 0.3 is 0 Å². The topological polar surface area (TPSA) is 3.24 Å². The van der Waals surface area contributed by atoms with Gasteiger partial charge in [-0.05, 0) is 82.1 Å². The Kier molecular flexibility index (Phi) is 7.06. The monoisotopic (exact) mass is 355 g/mol. The molecule has 1 aliphatic carbocycles. The fraction of sp³-hybridized carbons (Fsp3) is 0.760. The Labute approximate surface area is 162 Å². The van der Waals surface area contributed by atoms with E-state index in [1.807, 2.05) is 0 Å². The third kappa shape index (κ3) is 5.76. The van der Waals surface area contributed by atoms with Crippen LogP contribution in [0.15, 0.2) is 35.1 Å². The second-order valence-electron chi connectivity index (χ2n) is 9.98. The molecule has 0 aromatic rings. The highest BCUT2D eigenvalue weighted by Gasteiger charge is 2.29. The number of nitrogens with zero attached hydrogens (tertiary/aromatic N) is 1. The normalized spacial score (nSPS) is 25.9. The molecule has 3 rings (SSSR count). The lowest BCUT2D eigenvalue weighted by Crippen LogP contribution is -2.42. The number of allylic oxidation sites excluding steroid dienone is 4. The van der Waals surface area contributed by atoms with E-state index in [-0.39, 0.29) is 0 Å². The molecule has 2 heterocycles. The fourth-order valence-corrected chi connectivity index (χ4v) is 5.01. The van der Waals surface area contributed by atoms with Crippen molar-refractivity contribution in [1.82, 2.24) is 4.90 Å². The van der Waals surface area contributed by atoms with Gasteiger partial charge in [0.05, 0.1) is 0 Å². The van der Waals surface area contributed by atoms with Crippen molar-refractivity contribution >= 4 is 0 Å². The minimum absolute atomic E-state index is 0.486. The van der Waals surface area contributed by atoms with Gasteiger partial charge in [-0.15, -0.1) is 0 Å². The molecule has 146 valence electrons. The van der Waals surface area contributed by atoms with Crippen LogP contribution in [0.25, 0.3) is 0 Å². The van der Waals surface area contributed by atoms with Gasteiger partial charge < -0.3 is 4.90 Å². The van der Waals surface area contributed by atoms with Gasteiger partial charge in [0.1, 0.15) is 0 Å². The van der Waals surface area contributed by atoms with Gasteiger partial charge in [0, 0.05) is 18.3 Å². The number of fused-ring (bicyclic) bond motifs is 1. The Hall–Kier alpha value is -0.980. The average molecular weight is 356 g/mol. The van der Waals surface area contributed by atoms with E-state index in [1.54, 1.807) is 16.8 Å². The van der Waals surface area contributed by atoms with E-state index in [0.29, 0.717) is 11.5 Å². The zero-order valence-corrected chi connectivity index (χ0v) is 17.7. The summed E-state index contributed by atoms with van der Waals surface area (Å²) in [5.74, 6) is 0. The third-order valence-electron chi connectivity index (χ3n) is 6.51. The molecule has 1 nitrogen and oxygen atoms in total. The first kappa shape index (κ1) is 19.8. The van der Waals surface area contributed by atoms with Gasteiger partial charge in [-0.2, -0.15) is 0 Å². The van der Waals surface area contributed by atoms with Gasteiger partial charge in [-0.1, -0.05) is 56.9 Å². The van der Waals surface area contributed by atoms with Crippen LogP contribution in [0.5, 0.6) is 0 Å². The van der Waals surface area contributed by atoms with Crippen molar-refractivity contribution < 1.29 is 0 Å². The summed E-state index contributed by atoms with van der Waals surface area (Å²) >= 11 is 0. The summed E-state index contributed by atoms with van der Waals surface area (Å²) in [5, 5.41) is 0. The van der Waals surface area contributed by atoms with E-state index >= 15 is 0 Å². The lowest BCUT2D eigenvalue weighted by atomic mass is 9.85. The van der Waals surface area contributed by atoms with Crippen LogP contribution >= 0.6 is 0 Å². The molecule has 0 aromatic heterocycles. The smallest absolute Gasteiger partial charge is 0.0499 e.